The molecule has 0 aromatic heterocycles. The SMILES string of the molecule is COc1cc(C(=O)Nc2ccc(C)cc2O)c([N+](=O)[O-])c(OC)c1OC. The fourth-order valence-electron chi connectivity index (χ4n) is 2.43. The highest BCUT2D eigenvalue weighted by Gasteiger charge is 2.32. The first-order chi connectivity index (χ1) is 12.3. The van der Waals surface area contributed by atoms with Crippen molar-refractivity contribution in [2.24, 2.45) is 0 Å². The van der Waals surface area contributed by atoms with Crippen LogP contribution in [-0.2, 0) is 0 Å². The molecule has 0 aliphatic rings. The Hall–Kier alpha value is -3.49. The minimum absolute atomic E-state index is 0.00330. The highest BCUT2D eigenvalue weighted by Crippen LogP contribution is 2.46. The minimum atomic E-state index is -0.810. The lowest BCUT2D eigenvalue weighted by Gasteiger charge is -2.15. The Morgan fingerprint density at radius 2 is 1.77 bits per heavy atom. The summed E-state index contributed by atoms with van der Waals surface area (Å²) in [6.07, 6.45) is 0. The molecule has 0 unspecified atom stereocenters. The summed E-state index contributed by atoms with van der Waals surface area (Å²) in [5.74, 6) is -1.12. The van der Waals surface area contributed by atoms with Gasteiger partial charge in [0.25, 0.3) is 5.91 Å². The lowest BCUT2D eigenvalue weighted by molar-refractivity contribution is -0.386. The summed E-state index contributed by atoms with van der Waals surface area (Å²) in [7, 11) is 3.85. The number of nitrogens with one attached hydrogen (secondary N) is 1. The van der Waals surface area contributed by atoms with Gasteiger partial charge in [0.15, 0.2) is 5.75 Å². The number of hydrogen-bond acceptors (Lipinski definition) is 7. The van der Waals surface area contributed by atoms with Gasteiger partial charge in [-0.05, 0) is 24.6 Å². The van der Waals surface area contributed by atoms with Gasteiger partial charge in [0.05, 0.1) is 31.9 Å². The number of phenolic OH excluding ortho intramolecular Hbond substituents is 1. The first-order valence-electron chi connectivity index (χ1n) is 7.42. The van der Waals surface area contributed by atoms with Crippen molar-refractivity contribution in [2.45, 2.75) is 6.92 Å². The molecule has 0 heterocycles. The first-order valence-corrected chi connectivity index (χ1v) is 7.42. The number of nitro groups is 1. The standard InChI is InChI=1S/C17H18N2O7/c1-9-5-6-11(12(20)7-9)18-17(21)10-8-13(24-2)15(25-3)16(26-4)14(10)19(22)23/h5-8,20H,1-4H3,(H,18,21). The van der Waals surface area contributed by atoms with Crippen LogP contribution in [-0.4, -0.2) is 37.3 Å². The summed E-state index contributed by atoms with van der Waals surface area (Å²) in [5, 5.41) is 23.9. The number of anilines is 1. The molecule has 9 heteroatoms. The molecule has 138 valence electrons. The average molecular weight is 362 g/mol. The van der Waals surface area contributed by atoms with Gasteiger partial charge in [-0.1, -0.05) is 6.07 Å². The highest BCUT2D eigenvalue weighted by molar-refractivity contribution is 6.09. The molecule has 0 spiro atoms. The summed E-state index contributed by atoms with van der Waals surface area (Å²) < 4.78 is 15.3. The van der Waals surface area contributed by atoms with E-state index in [4.69, 9.17) is 14.2 Å². The summed E-state index contributed by atoms with van der Waals surface area (Å²) in [6, 6.07) is 5.81. The van der Waals surface area contributed by atoms with Gasteiger partial charge < -0.3 is 24.6 Å². The molecule has 0 aliphatic carbocycles. The van der Waals surface area contributed by atoms with E-state index in [9.17, 15) is 20.0 Å². The minimum Gasteiger partial charge on any atom is -0.506 e. The van der Waals surface area contributed by atoms with E-state index < -0.39 is 16.5 Å². The predicted octanol–water partition coefficient (Wildman–Crippen LogP) is 2.89. The molecular weight excluding hydrogens is 344 g/mol. The molecule has 9 nitrogen and oxygen atoms in total. The van der Waals surface area contributed by atoms with Gasteiger partial charge in [-0.2, -0.15) is 0 Å². The topological polar surface area (TPSA) is 120 Å². The lowest BCUT2D eigenvalue weighted by Crippen LogP contribution is -2.15. The average Bonchev–Trinajstić information content (AvgIpc) is 2.61. The van der Waals surface area contributed by atoms with E-state index in [0.717, 1.165) is 5.56 Å². The van der Waals surface area contributed by atoms with E-state index in [1.165, 1.54) is 39.5 Å². The fraction of sp³-hybridized carbons (Fsp3) is 0.235. The molecule has 2 aromatic rings. The van der Waals surface area contributed by atoms with Gasteiger partial charge in [-0.25, -0.2) is 0 Å². The number of methoxy groups -OCH3 is 3. The third-order valence-electron chi connectivity index (χ3n) is 3.63. The Morgan fingerprint density at radius 3 is 2.27 bits per heavy atom. The maximum Gasteiger partial charge on any atom is 0.327 e. The molecule has 1 amide bonds. The molecule has 0 saturated carbocycles. The normalized spacial score (nSPS) is 10.2. The van der Waals surface area contributed by atoms with E-state index in [1.807, 2.05) is 0 Å². The van der Waals surface area contributed by atoms with Crippen LogP contribution < -0.4 is 19.5 Å². The number of rotatable bonds is 6. The number of carbonyl (C=O) groups excluding carboxylic acids is 1. The van der Waals surface area contributed by atoms with Gasteiger partial charge >= 0.3 is 5.69 Å². The van der Waals surface area contributed by atoms with Crippen molar-refractivity contribution < 1.29 is 29.0 Å². The van der Waals surface area contributed by atoms with Crippen LogP contribution in [0.5, 0.6) is 23.0 Å². The number of aromatic hydroxyl groups is 1. The number of nitro benzene ring substituents is 1. The van der Waals surface area contributed by atoms with Crippen molar-refractivity contribution in [3.05, 3.63) is 45.5 Å². The van der Waals surface area contributed by atoms with Crippen LogP contribution >= 0.6 is 0 Å². The number of carbonyl (C=O) groups is 1. The van der Waals surface area contributed by atoms with Gasteiger partial charge in [0.1, 0.15) is 11.3 Å². The number of aryl methyl sites for hydroxylation is 1. The Balaban J connectivity index is 2.59. The highest BCUT2D eigenvalue weighted by atomic mass is 16.6. The number of amides is 1. The maximum absolute atomic E-state index is 12.6. The molecule has 0 radical (unpaired) electrons. The molecule has 0 aliphatic heterocycles. The predicted molar refractivity (Wildman–Crippen MR) is 93.5 cm³/mol. The maximum atomic E-state index is 12.6. The fourth-order valence-corrected chi connectivity index (χ4v) is 2.43. The van der Waals surface area contributed by atoms with E-state index in [2.05, 4.69) is 5.32 Å². The quantitative estimate of drug-likeness (QED) is 0.460. The monoisotopic (exact) mass is 362 g/mol. The molecule has 0 saturated heterocycles. The van der Waals surface area contributed by atoms with Gasteiger partial charge in [0.2, 0.25) is 11.5 Å². The number of hydrogen-bond donors (Lipinski definition) is 2. The number of phenols is 1. The first kappa shape index (κ1) is 18.8. The van der Waals surface area contributed by atoms with Crippen molar-refractivity contribution >= 4 is 17.3 Å². The third-order valence-corrected chi connectivity index (χ3v) is 3.63. The number of nitrogens with zero attached hydrogens (tertiary/aromatic N) is 1. The largest absolute Gasteiger partial charge is 0.506 e. The Labute approximate surface area is 149 Å². The second kappa shape index (κ2) is 7.60. The van der Waals surface area contributed by atoms with Crippen molar-refractivity contribution in [2.75, 3.05) is 26.6 Å². The summed E-state index contributed by atoms with van der Waals surface area (Å²) in [5.41, 5.74) is 0.0293. The zero-order valence-electron chi connectivity index (χ0n) is 14.7. The van der Waals surface area contributed by atoms with Crippen LogP contribution in [0.15, 0.2) is 24.3 Å². The molecule has 2 rings (SSSR count). The lowest BCUT2D eigenvalue weighted by atomic mass is 10.1. The van der Waals surface area contributed by atoms with Crippen LogP contribution in [0.2, 0.25) is 0 Å². The molecule has 0 atom stereocenters. The molecule has 0 fully saturated rings. The molecule has 2 N–H and O–H groups in total. The number of benzene rings is 2. The van der Waals surface area contributed by atoms with Crippen molar-refractivity contribution in [1.29, 1.82) is 0 Å². The molecule has 2 aromatic carbocycles. The van der Waals surface area contributed by atoms with Gasteiger partial charge in [0, 0.05) is 6.07 Å². The van der Waals surface area contributed by atoms with E-state index in [-0.39, 0.29) is 34.2 Å². The van der Waals surface area contributed by atoms with Crippen LogP contribution in [0, 0.1) is 17.0 Å². The molecule has 26 heavy (non-hydrogen) atoms. The van der Waals surface area contributed by atoms with E-state index in [1.54, 1.807) is 13.0 Å². The zero-order valence-corrected chi connectivity index (χ0v) is 14.7. The summed E-state index contributed by atoms with van der Waals surface area (Å²) in [4.78, 5) is 23.4. The second-order valence-corrected chi connectivity index (χ2v) is 5.27. The zero-order chi connectivity index (χ0) is 19.4. The second-order valence-electron chi connectivity index (χ2n) is 5.27. The van der Waals surface area contributed by atoms with Gasteiger partial charge in [-0.3, -0.25) is 14.9 Å². The summed E-state index contributed by atoms with van der Waals surface area (Å²) >= 11 is 0. The number of ether oxygens (including phenoxy) is 3. The Kier molecular flexibility index (Phi) is 5.51. The van der Waals surface area contributed by atoms with E-state index in [0.29, 0.717) is 0 Å². The van der Waals surface area contributed by atoms with Crippen LogP contribution in [0.1, 0.15) is 15.9 Å². The van der Waals surface area contributed by atoms with Crippen LogP contribution in [0.25, 0.3) is 0 Å². The van der Waals surface area contributed by atoms with Crippen LogP contribution in [0.3, 0.4) is 0 Å². The Bertz CT molecular complexity index is 865. The third kappa shape index (κ3) is 3.46. The molecular formula is C17H18N2O7. The van der Waals surface area contributed by atoms with Crippen molar-refractivity contribution in [3.63, 3.8) is 0 Å². The van der Waals surface area contributed by atoms with Crippen molar-refractivity contribution in [3.8, 4) is 23.0 Å². The molecule has 0 bridgehead atoms. The van der Waals surface area contributed by atoms with Crippen LogP contribution in [0.4, 0.5) is 11.4 Å². The van der Waals surface area contributed by atoms with Gasteiger partial charge in [-0.15, -0.1) is 0 Å². The smallest absolute Gasteiger partial charge is 0.327 e. The van der Waals surface area contributed by atoms with Crippen molar-refractivity contribution in [1.82, 2.24) is 0 Å². The summed E-state index contributed by atoms with van der Waals surface area (Å²) in [6.45, 7) is 1.77. The van der Waals surface area contributed by atoms with E-state index >= 15 is 0 Å². The Morgan fingerprint density at radius 1 is 1.12 bits per heavy atom.